The molecule has 1 unspecified atom stereocenters. The molecule has 0 spiro atoms. The van der Waals surface area contributed by atoms with Crippen LogP contribution in [0.25, 0.3) is 0 Å². The summed E-state index contributed by atoms with van der Waals surface area (Å²) in [5, 5.41) is 5.32. The molecule has 1 aromatic carbocycles. The van der Waals surface area contributed by atoms with Crippen LogP contribution in [0, 0.1) is 5.41 Å². The first-order valence-corrected chi connectivity index (χ1v) is 8.56. The highest BCUT2D eigenvalue weighted by Crippen LogP contribution is 2.35. The Hall–Kier alpha value is -2.26. The van der Waals surface area contributed by atoms with E-state index in [0.29, 0.717) is 11.3 Å². The van der Waals surface area contributed by atoms with E-state index in [4.69, 9.17) is 5.90 Å². The van der Waals surface area contributed by atoms with Crippen molar-refractivity contribution in [1.82, 2.24) is 5.01 Å². The van der Waals surface area contributed by atoms with Gasteiger partial charge in [0.05, 0.1) is 17.0 Å². The Morgan fingerprint density at radius 3 is 2.39 bits per heavy atom. The molecule has 0 saturated carbocycles. The molecular formula is C14H17N3O5S. The monoisotopic (exact) mass is 339 g/mol. The Bertz CT molecular complexity index is 785. The van der Waals surface area contributed by atoms with Gasteiger partial charge >= 0.3 is 5.97 Å². The second-order valence-electron chi connectivity index (χ2n) is 5.57. The van der Waals surface area contributed by atoms with Gasteiger partial charge in [-0.15, -0.1) is 0 Å². The second-order valence-corrected chi connectivity index (χ2v) is 7.59. The molecule has 1 heterocycles. The van der Waals surface area contributed by atoms with Crippen molar-refractivity contribution >= 4 is 27.4 Å². The van der Waals surface area contributed by atoms with E-state index in [0.717, 1.165) is 11.3 Å². The lowest BCUT2D eigenvalue weighted by Crippen LogP contribution is -2.39. The second kappa shape index (κ2) is 5.74. The maximum absolute atomic E-state index is 12.4. The van der Waals surface area contributed by atoms with Crippen molar-refractivity contribution in [2.75, 3.05) is 13.3 Å². The van der Waals surface area contributed by atoms with Crippen molar-refractivity contribution in [1.29, 1.82) is 0 Å². The normalized spacial score (nSPS) is 21.3. The van der Waals surface area contributed by atoms with E-state index in [2.05, 4.69) is 9.94 Å². The Kier molecular flexibility index (Phi) is 4.27. The summed E-state index contributed by atoms with van der Waals surface area (Å²) >= 11 is 0. The average molecular weight is 339 g/mol. The summed E-state index contributed by atoms with van der Waals surface area (Å²) in [4.78, 5) is 28.2. The fourth-order valence-corrected chi connectivity index (χ4v) is 3.12. The molecule has 0 fully saturated rings. The van der Waals surface area contributed by atoms with Crippen LogP contribution in [0.2, 0.25) is 0 Å². The third kappa shape index (κ3) is 3.10. The van der Waals surface area contributed by atoms with Gasteiger partial charge in [-0.1, -0.05) is 12.1 Å². The number of benzene rings is 1. The van der Waals surface area contributed by atoms with Gasteiger partial charge in [0.1, 0.15) is 5.41 Å². The molecule has 124 valence electrons. The zero-order chi connectivity index (χ0) is 17.4. The topological polar surface area (TPSA) is 119 Å². The van der Waals surface area contributed by atoms with Crippen LogP contribution in [-0.4, -0.2) is 44.3 Å². The van der Waals surface area contributed by atoms with E-state index in [1.54, 1.807) is 19.1 Å². The molecule has 2 N–H and O–H groups in total. The molecular weight excluding hydrogens is 322 g/mol. The van der Waals surface area contributed by atoms with Crippen LogP contribution in [0.5, 0.6) is 0 Å². The number of hydrazone groups is 1. The summed E-state index contributed by atoms with van der Waals surface area (Å²) in [5.41, 5.74) is -0.324. The first kappa shape index (κ1) is 17.1. The van der Waals surface area contributed by atoms with Gasteiger partial charge in [0.2, 0.25) is 0 Å². The molecule has 1 aliphatic heterocycles. The maximum atomic E-state index is 12.4. The van der Waals surface area contributed by atoms with Crippen molar-refractivity contribution in [3.8, 4) is 0 Å². The lowest BCUT2D eigenvalue weighted by atomic mass is 9.78. The van der Waals surface area contributed by atoms with Gasteiger partial charge in [0.25, 0.3) is 5.91 Å². The lowest BCUT2D eigenvalue weighted by Gasteiger charge is -2.22. The van der Waals surface area contributed by atoms with E-state index in [9.17, 15) is 18.0 Å². The molecule has 0 aliphatic carbocycles. The maximum Gasteiger partial charge on any atom is 0.325 e. The zero-order valence-corrected chi connectivity index (χ0v) is 13.8. The standard InChI is InChI=1S/C14H17N3O5S/c1-14(8-11(18)22-15)12(16-17(2)13(14)19)9-4-6-10(7-5-9)23(3,20)21/h4-7H,8,15H2,1-3H3. The Balaban J connectivity index is 2.45. The van der Waals surface area contributed by atoms with Crippen molar-refractivity contribution in [2.24, 2.45) is 16.4 Å². The number of carbonyl (C=O) groups excluding carboxylic acids is 2. The number of nitrogens with two attached hydrogens (primary N) is 1. The molecule has 0 aromatic heterocycles. The summed E-state index contributed by atoms with van der Waals surface area (Å²) in [6.45, 7) is 1.57. The van der Waals surface area contributed by atoms with Crippen molar-refractivity contribution in [3.05, 3.63) is 29.8 Å². The molecule has 8 nitrogen and oxygen atoms in total. The molecule has 1 amide bonds. The Morgan fingerprint density at radius 1 is 1.35 bits per heavy atom. The van der Waals surface area contributed by atoms with Gasteiger partial charge in [-0.3, -0.25) is 9.59 Å². The predicted octanol–water partition coefficient (Wildman–Crippen LogP) is 0.0795. The van der Waals surface area contributed by atoms with Crippen molar-refractivity contribution < 1.29 is 22.8 Å². The quantitative estimate of drug-likeness (QED) is 0.776. The molecule has 23 heavy (non-hydrogen) atoms. The number of hydrogen-bond donors (Lipinski definition) is 1. The fraction of sp³-hybridized carbons (Fsp3) is 0.357. The van der Waals surface area contributed by atoms with Crippen LogP contribution >= 0.6 is 0 Å². The van der Waals surface area contributed by atoms with Crippen LogP contribution < -0.4 is 5.90 Å². The number of sulfone groups is 1. The van der Waals surface area contributed by atoms with E-state index < -0.39 is 21.2 Å². The number of hydrogen-bond acceptors (Lipinski definition) is 7. The van der Waals surface area contributed by atoms with Crippen molar-refractivity contribution in [2.45, 2.75) is 18.2 Å². The summed E-state index contributed by atoms with van der Waals surface area (Å²) in [7, 11) is -1.85. The molecule has 2 rings (SSSR count). The van der Waals surface area contributed by atoms with Crippen LogP contribution in [0.4, 0.5) is 0 Å². The molecule has 1 aliphatic rings. The van der Waals surface area contributed by atoms with Gasteiger partial charge in [0, 0.05) is 13.3 Å². The Labute approximate surface area is 133 Å². The van der Waals surface area contributed by atoms with Crippen LogP contribution in [-0.2, 0) is 24.3 Å². The first-order chi connectivity index (χ1) is 10.6. The highest BCUT2D eigenvalue weighted by molar-refractivity contribution is 7.90. The van der Waals surface area contributed by atoms with E-state index in [1.165, 1.54) is 19.2 Å². The molecule has 1 aromatic rings. The third-order valence-corrected chi connectivity index (χ3v) is 4.85. The first-order valence-electron chi connectivity index (χ1n) is 6.67. The average Bonchev–Trinajstić information content (AvgIpc) is 2.71. The van der Waals surface area contributed by atoms with Crippen LogP contribution in [0.15, 0.2) is 34.3 Å². The summed E-state index contributed by atoms with van der Waals surface area (Å²) < 4.78 is 23.0. The number of nitrogens with zero attached hydrogens (tertiary/aromatic N) is 2. The predicted molar refractivity (Wildman–Crippen MR) is 81.9 cm³/mol. The molecule has 1 atom stereocenters. The van der Waals surface area contributed by atoms with E-state index in [1.807, 2.05) is 0 Å². The molecule has 9 heteroatoms. The summed E-state index contributed by atoms with van der Waals surface area (Å²) in [6, 6.07) is 5.96. The van der Waals surface area contributed by atoms with Gasteiger partial charge in [-0.2, -0.15) is 11.0 Å². The largest absolute Gasteiger partial charge is 0.373 e. The van der Waals surface area contributed by atoms with Gasteiger partial charge in [0.15, 0.2) is 9.84 Å². The lowest BCUT2D eigenvalue weighted by molar-refractivity contribution is -0.149. The molecule has 0 bridgehead atoms. The minimum absolute atomic E-state index is 0.155. The van der Waals surface area contributed by atoms with E-state index >= 15 is 0 Å². The Morgan fingerprint density at radius 2 is 1.91 bits per heavy atom. The number of rotatable bonds is 4. The summed E-state index contributed by atoms with van der Waals surface area (Å²) in [6.07, 6.45) is 0.840. The number of amides is 1. The highest BCUT2D eigenvalue weighted by atomic mass is 32.2. The third-order valence-electron chi connectivity index (χ3n) is 3.72. The van der Waals surface area contributed by atoms with Gasteiger partial charge in [-0.05, 0) is 24.6 Å². The smallest absolute Gasteiger partial charge is 0.325 e. The van der Waals surface area contributed by atoms with Gasteiger partial charge < -0.3 is 4.84 Å². The number of carbonyl (C=O) groups is 2. The van der Waals surface area contributed by atoms with Crippen molar-refractivity contribution in [3.63, 3.8) is 0 Å². The minimum atomic E-state index is -3.32. The van der Waals surface area contributed by atoms with Crippen LogP contribution in [0.1, 0.15) is 18.9 Å². The molecule has 0 radical (unpaired) electrons. The van der Waals surface area contributed by atoms with E-state index in [-0.39, 0.29) is 17.2 Å². The fourth-order valence-electron chi connectivity index (χ4n) is 2.49. The minimum Gasteiger partial charge on any atom is -0.373 e. The van der Waals surface area contributed by atoms with Crippen LogP contribution in [0.3, 0.4) is 0 Å². The highest BCUT2D eigenvalue weighted by Gasteiger charge is 2.48. The SMILES string of the molecule is CN1N=C(c2ccc(S(C)(=O)=O)cc2)C(C)(CC(=O)ON)C1=O. The zero-order valence-electron chi connectivity index (χ0n) is 12.9. The van der Waals surface area contributed by atoms with Gasteiger partial charge in [-0.25, -0.2) is 13.4 Å². The summed E-state index contributed by atoms with van der Waals surface area (Å²) in [5.74, 6) is 3.75. The molecule has 0 saturated heterocycles.